The molecule has 37 heavy (non-hydrogen) atoms. The van der Waals surface area contributed by atoms with Crippen LogP contribution in [0.25, 0.3) is 0 Å². The monoisotopic (exact) mass is 530 g/mol. The van der Waals surface area contributed by atoms with Gasteiger partial charge in [-0.1, -0.05) is 26.8 Å². The minimum Gasteiger partial charge on any atom is -0.326 e. The predicted octanol–water partition coefficient (Wildman–Crippen LogP) is 4.04. The molecule has 1 spiro atoms. The number of aryl methyl sites for hydroxylation is 2. The molecule has 2 amide bonds. The Morgan fingerprint density at radius 2 is 1.81 bits per heavy atom. The van der Waals surface area contributed by atoms with Crippen molar-refractivity contribution in [3.8, 4) is 0 Å². The van der Waals surface area contributed by atoms with E-state index in [1.807, 2.05) is 19.1 Å². The topological polar surface area (TPSA) is 108 Å². The number of nitrogens with zero attached hydrogens (tertiary/aromatic N) is 2. The van der Waals surface area contributed by atoms with Crippen LogP contribution in [0.2, 0.25) is 0 Å². The third kappa shape index (κ3) is 6.25. The molecule has 0 atom stereocenters. The normalized spacial score (nSPS) is 24.6. The molecule has 1 saturated heterocycles. The number of amidine groups is 1. The van der Waals surface area contributed by atoms with Crippen LogP contribution < -0.4 is 10.6 Å². The van der Waals surface area contributed by atoms with E-state index in [-0.39, 0.29) is 17.6 Å². The lowest BCUT2D eigenvalue weighted by atomic mass is 9.69. The van der Waals surface area contributed by atoms with Crippen LogP contribution >= 0.6 is 0 Å². The van der Waals surface area contributed by atoms with Crippen molar-refractivity contribution in [2.75, 3.05) is 24.2 Å². The fourth-order valence-corrected chi connectivity index (χ4v) is 7.54. The number of nitrogens with one attached hydrogen (secondary N) is 2. The molecule has 8 nitrogen and oxygen atoms in total. The van der Waals surface area contributed by atoms with Crippen LogP contribution in [-0.4, -0.2) is 54.8 Å². The maximum absolute atomic E-state index is 13.1. The van der Waals surface area contributed by atoms with E-state index in [9.17, 15) is 18.0 Å². The maximum Gasteiger partial charge on any atom is 0.253 e. The van der Waals surface area contributed by atoms with Crippen LogP contribution in [0.5, 0.6) is 0 Å². The van der Waals surface area contributed by atoms with Crippen molar-refractivity contribution < 1.29 is 18.0 Å². The van der Waals surface area contributed by atoms with Gasteiger partial charge in [-0.05, 0) is 86.5 Å². The summed E-state index contributed by atoms with van der Waals surface area (Å²) in [5, 5.41) is 5.82. The summed E-state index contributed by atoms with van der Waals surface area (Å²) < 4.78 is 27.8. The second kappa shape index (κ2) is 10.5. The number of amides is 2. The van der Waals surface area contributed by atoms with Crippen molar-refractivity contribution in [3.05, 3.63) is 29.3 Å². The van der Waals surface area contributed by atoms with Crippen LogP contribution in [0.15, 0.2) is 23.2 Å². The van der Waals surface area contributed by atoms with E-state index in [0.29, 0.717) is 55.3 Å². The van der Waals surface area contributed by atoms with Gasteiger partial charge in [0.2, 0.25) is 15.9 Å². The molecule has 4 rings (SSSR count). The Bertz CT molecular complexity index is 1170. The van der Waals surface area contributed by atoms with Crippen LogP contribution in [-0.2, 0) is 26.0 Å². The van der Waals surface area contributed by atoms with Crippen molar-refractivity contribution in [1.29, 1.82) is 0 Å². The van der Waals surface area contributed by atoms with Gasteiger partial charge < -0.3 is 10.6 Å². The van der Waals surface area contributed by atoms with E-state index in [2.05, 4.69) is 31.4 Å². The zero-order valence-electron chi connectivity index (χ0n) is 22.9. The quantitative estimate of drug-likeness (QED) is 0.579. The average Bonchev–Trinajstić information content (AvgIpc) is 3.13. The van der Waals surface area contributed by atoms with Gasteiger partial charge in [0.1, 0.15) is 11.4 Å². The van der Waals surface area contributed by atoms with E-state index < -0.39 is 15.6 Å². The number of rotatable bonds is 6. The molecule has 0 bridgehead atoms. The lowest BCUT2D eigenvalue weighted by Gasteiger charge is -2.37. The second-order valence-electron chi connectivity index (χ2n) is 12.2. The number of carbonyl (C=O) groups is 2. The number of anilines is 1. The van der Waals surface area contributed by atoms with E-state index >= 15 is 0 Å². The van der Waals surface area contributed by atoms with Crippen LogP contribution in [0.3, 0.4) is 0 Å². The summed E-state index contributed by atoms with van der Waals surface area (Å²) in [7, 11) is -3.46. The SMILES string of the molecule is CC(=O)Nc1ccc(CCS(=O)(=O)N2CCC3(CC2)N=C(C2CCC(C(C)(C)C)CC2)NC3=O)c(C)c1. The molecule has 1 aromatic carbocycles. The van der Waals surface area contributed by atoms with Gasteiger partial charge in [0.15, 0.2) is 0 Å². The van der Waals surface area contributed by atoms with Crippen molar-refractivity contribution in [3.63, 3.8) is 0 Å². The van der Waals surface area contributed by atoms with Gasteiger partial charge in [-0.2, -0.15) is 0 Å². The van der Waals surface area contributed by atoms with Crippen molar-refractivity contribution >= 4 is 33.4 Å². The number of piperidine rings is 1. The first-order chi connectivity index (χ1) is 17.3. The Morgan fingerprint density at radius 1 is 1.16 bits per heavy atom. The number of hydrogen-bond donors (Lipinski definition) is 2. The second-order valence-corrected chi connectivity index (χ2v) is 14.3. The summed E-state index contributed by atoms with van der Waals surface area (Å²) in [5.41, 5.74) is 2.07. The summed E-state index contributed by atoms with van der Waals surface area (Å²) in [6.07, 6.45) is 5.63. The molecule has 0 unspecified atom stereocenters. The van der Waals surface area contributed by atoms with Crippen LogP contribution in [0.1, 0.15) is 77.3 Å². The number of hydrogen-bond acceptors (Lipinski definition) is 5. The lowest BCUT2D eigenvalue weighted by Crippen LogP contribution is -2.51. The molecule has 3 aliphatic rings. The smallest absolute Gasteiger partial charge is 0.253 e. The molecule has 9 heteroatoms. The van der Waals surface area contributed by atoms with E-state index in [1.165, 1.54) is 11.2 Å². The van der Waals surface area contributed by atoms with Gasteiger partial charge in [-0.15, -0.1) is 0 Å². The minimum absolute atomic E-state index is 0.0120. The van der Waals surface area contributed by atoms with Gasteiger partial charge in [-0.25, -0.2) is 12.7 Å². The third-order valence-electron chi connectivity index (χ3n) is 8.57. The first-order valence-electron chi connectivity index (χ1n) is 13.6. The first kappa shape index (κ1) is 27.8. The molecule has 2 aliphatic heterocycles. The summed E-state index contributed by atoms with van der Waals surface area (Å²) in [4.78, 5) is 29.2. The van der Waals surface area contributed by atoms with Gasteiger partial charge in [0, 0.05) is 31.6 Å². The summed E-state index contributed by atoms with van der Waals surface area (Å²) >= 11 is 0. The molecular formula is C28H42N4O4S. The molecule has 1 aromatic rings. The molecule has 0 aromatic heterocycles. The standard InChI is InChI=1S/C28H42N4O4S/c1-19-18-24(29-20(2)33)11-8-21(19)12-17-37(35,36)32-15-13-28(14-16-32)26(34)30-25(31-28)22-6-9-23(10-7-22)27(3,4)5/h8,11,18,22-23H,6-7,9-10,12-17H2,1-5H3,(H,29,33)(H,30,31,34). The van der Waals surface area contributed by atoms with E-state index in [4.69, 9.17) is 4.99 Å². The summed E-state index contributed by atoms with van der Waals surface area (Å²) in [5.74, 6) is 1.63. The first-order valence-corrected chi connectivity index (χ1v) is 15.2. The number of sulfonamides is 1. The van der Waals surface area contributed by atoms with Crippen molar-refractivity contribution in [1.82, 2.24) is 9.62 Å². The Hall–Kier alpha value is -2.26. The van der Waals surface area contributed by atoms with Gasteiger partial charge in [0.05, 0.1) is 5.75 Å². The van der Waals surface area contributed by atoms with Crippen LogP contribution in [0, 0.1) is 24.2 Å². The third-order valence-corrected chi connectivity index (χ3v) is 10.4. The Morgan fingerprint density at radius 3 is 2.38 bits per heavy atom. The fourth-order valence-electron chi connectivity index (χ4n) is 6.07. The number of aliphatic imine (C=N–C) groups is 1. The lowest BCUT2D eigenvalue weighted by molar-refractivity contribution is -0.125. The largest absolute Gasteiger partial charge is 0.326 e. The zero-order chi connectivity index (χ0) is 27.0. The fraction of sp³-hybridized carbons (Fsp3) is 0.679. The molecule has 2 N–H and O–H groups in total. The van der Waals surface area contributed by atoms with Gasteiger partial charge in [0.25, 0.3) is 5.91 Å². The molecule has 2 fully saturated rings. The molecule has 2 heterocycles. The van der Waals surface area contributed by atoms with Gasteiger partial charge in [-0.3, -0.25) is 14.6 Å². The van der Waals surface area contributed by atoms with Crippen molar-refractivity contribution in [2.45, 2.75) is 85.1 Å². The number of carbonyl (C=O) groups excluding carboxylic acids is 2. The zero-order valence-corrected chi connectivity index (χ0v) is 23.7. The highest BCUT2D eigenvalue weighted by atomic mass is 32.2. The summed E-state index contributed by atoms with van der Waals surface area (Å²) in [6, 6.07) is 5.53. The summed E-state index contributed by atoms with van der Waals surface area (Å²) in [6.45, 7) is 10.9. The van der Waals surface area contributed by atoms with Gasteiger partial charge >= 0.3 is 0 Å². The highest BCUT2D eigenvalue weighted by Gasteiger charge is 2.48. The highest BCUT2D eigenvalue weighted by Crippen LogP contribution is 2.41. The minimum atomic E-state index is -3.46. The maximum atomic E-state index is 13.1. The molecule has 1 aliphatic carbocycles. The molecule has 1 saturated carbocycles. The van der Waals surface area contributed by atoms with Crippen molar-refractivity contribution in [2.24, 2.45) is 22.2 Å². The van der Waals surface area contributed by atoms with E-state index in [1.54, 1.807) is 6.07 Å². The highest BCUT2D eigenvalue weighted by molar-refractivity contribution is 7.89. The van der Waals surface area contributed by atoms with E-state index in [0.717, 1.165) is 42.6 Å². The Balaban J connectivity index is 1.34. The Labute approximate surface area is 221 Å². The number of benzene rings is 1. The Kier molecular flexibility index (Phi) is 7.87. The molecular weight excluding hydrogens is 488 g/mol. The molecule has 0 radical (unpaired) electrons. The average molecular weight is 531 g/mol. The van der Waals surface area contributed by atoms with Crippen LogP contribution in [0.4, 0.5) is 5.69 Å². The molecule has 204 valence electrons. The predicted molar refractivity (Wildman–Crippen MR) is 147 cm³/mol.